The van der Waals surface area contributed by atoms with Gasteiger partial charge in [0.05, 0.1) is 22.4 Å². The summed E-state index contributed by atoms with van der Waals surface area (Å²) in [7, 11) is 0. The molecule has 0 aliphatic carbocycles. The number of benzene rings is 2. The Morgan fingerprint density at radius 2 is 1.58 bits per heavy atom. The summed E-state index contributed by atoms with van der Waals surface area (Å²) in [6, 6.07) is 14.5. The van der Waals surface area contributed by atoms with E-state index < -0.39 is 5.54 Å². The first-order chi connectivity index (χ1) is 17.3. The predicted molar refractivity (Wildman–Crippen MR) is 142 cm³/mol. The van der Waals surface area contributed by atoms with Gasteiger partial charge in [-0.25, -0.2) is 4.79 Å². The zero-order valence-electron chi connectivity index (χ0n) is 20.5. The molecule has 0 unspecified atom stereocenters. The zero-order chi connectivity index (χ0) is 25.9. The van der Waals surface area contributed by atoms with Crippen molar-refractivity contribution < 1.29 is 14.4 Å². The van der Waals surface area contributed by atoms with Crippen molar-refractivity contribution in [2.75, 3.05) is 49.6 Å². The molecule has 1 N–H and O–H groups in total. The van der Waals surface area contributed by atoms with Crippen molar-refractivity contribution in [3.8, 4) is 0 Å². The van der Waals surface area contributed by atoms with Crippen LogP contribution in [0, 0.1) is 0 Å². The topological polar surface area (TPSA) is 76.2 Å². The first-order valence-corrected chi connectivity index (χ1v) is 13.0. The van der Waals surface area contributed by atoms with Crippen molar-refractivity contribution in [1.29, 1.82) is 0 Å². The molecule has 0 radical (unpaired) electrons. The molecule has 2 fully saturated rings. The summed E-state index contributed by atoms with van der Waals surface area (Å²) in [5.41, 5.74) is 0.475. The van der Waals surface area contributed by atoms with Crippen molar-refractivity contribution in [3.05, 3.63) is 58.6 Å². The van der Waals surface area contributed by atoms with Crippen molar-refractivity contribution in [2.45, 2.75) is 32.2 Å². The van der Waals surface area contributed by atoms with Crippen molar-refractivity contribution in [2.24, 2.45) is 0 Å². The highest BCUT2D eigenvalue weighted by atomic mass is 35.5. The van der Waals surface area contributed by atoms with Gasteiger partial charge in [-0.15, -0.1) is 0 Å². The number of nitrogens with one attached hydrogen (secondary N) is 1. The Labute approximate surface area is 221 Å². The van der Waals surface area contributed by atoms with Crippen LogP contribution in [0.5, 0.6) is 0 Å². The molecule has 2 aromatic carbocycles. The van der Waals surface area contributed by atoms with Gasteiger partial charge >= 0.3 is 6.03 Å². The Kier molecular flexibility index (Phi) is 7.95. The second-order valence-corrected chi connectivity index (χ2v) is 9.83. The first-order valence-electron chi connectivity index (χ1n) is 12.2. The van der Waals surface area contributed by atoms with Gasteiger partial charge in [-0.2, -0.15) is 0 Å². The number of carbonyl (C=O) groups is 3. The lowest BCUT2D eigenvalue weighted by molar-refractivity contribution is -0.140. The van der Waals surface area contributed by atoms with Crippen LogP contribution in [0.25, 0.3) is 0 Å². The molecule has 36 heavy (non-hydrogen) atoms. The third-order valence-corrected chi connectivity index (χ3v) is 7.73. The van der Waals surface area contributed by atoms with E-state index in [1.165, 1.54) is 0 Å². The van der Waals surface area contributed by atoms with E-state index in [9.17, 15) is 14.4 Å². The summed E-state index contributed by atoms with van der Waals surface area (Å²) in [6.45, 7) is 6.19. The number of urea groups is 1. The molecule has 0 saturated carbocycles. The normalized spacial score (nSPS) is 17.0. The lowest BCUT2D eigenvalue weighted by atomic mass is 9.85. The number of likely N-dealkylation sites (N-methyl/N-ethyl adjacent to an activating group) is 1. The number of nitrogens with zero attached hydrogens (tertiary/aromatic N) is 4. The van der Waals surface area contributed by atoms with Gasteiger partial charge in [-0.3, -0.25) is 9.59 Å². The molecule has 8 nitrogen and oxygen atoms in total. The maximum absolute atomic E-state index is 13.8. The maximum Gasteiger partial charge on any atom is 0.321 e. The number of rotatable bonds is 6. The maximum atomic E-state index is 13.8. The van der Waals surface area contributed by atoms with E-state index in [4.69, 9.17) is 23.2 Å². The van der Waals surface area contributed by atoms with E-state index in [0.717, 1.165) is 5.69 Å². The van der Waals surface area contributed by atoms with Gasteiger partial charge < -0.3 is 24.9 Å². The SMILES string of the molecule is CCN(CC)C(=O)CN1CN(c2ccccc2)C2(CCN(C(=O)Nc3c(Cl)cccc3Cl)CC2)C1=O. The van der Waals surface area contributed by atoms with E-state index >= 15 is 0 Å². The standard InChI is InChI=1S/C26H31Cl2N5O3/c1-3-30(4-2)22(34)17-32-18-33(19-9-6-5-7-10-19)26(24(32)35)13-15-31(16-14-26)25(36)29-23-20(27)11-8-12-21(23)28/h5-12H,3-4,13-18H2,1-2H3,(H,29,36). The lowest BCUT2D eigenvalue weighted by Gasteiger charge is -2.43. The average molecular weight is 532 g/mol. The Hall–Kier alpha value is -2.97. The summed E-state index contributed by atoms with van der Waals surface area (Å²) in [5, 5.41) is 3.53. The van der Waals surface area contributed by atoms with E-state index in [0.29, 0.717) is 61.4 Å². The van der Waals surface area contributed by atoms with Crippen LogP contribution in [-0.4, -0.2) is 77.5 Å². The largest absolute Gasteiger partial charge is 0.342 e. The Morgan fingerprint density at radius 1 is 0.972 bits per heavy atom. The molecule has 192 valence electrons. The average Bonchev–Trinajstić information content (AvgIpc) is 3.14. The molecule has 10 heteroatoms. The minimum Gasteiger partial charge on any atom is -0.342 e. The number of halogens is 2. The highest BCUT2D eigenvalue weighted by molar-refractivity contribution is 6.39. The number of hydrogen-bond acceptors (Lipinski definition) is 4. The van der Waals surface area contributed by atoms with E-state index in [-0.39, 0.29) is 24.4 Å². The summed E-state index contributed by atoms with van der Waals surface area (Å²) >= 11 is 12.4. The van der Waals surface area contributed by atoms with Crippen LogP contribution in [-0.2, 0) is 9.59 Å². The third-order valence-electron chi connectivity index (χ3n) is 7.10. The summed E-state index contributed by atoms with van der Waals surface area (Å²) in [5.74, 6) is -0.132. The molecule has 2 heterocycles. The molecular weight excluding hydrogens is 501 g/mol. The molecule has 0 bridgehead atoms. The van der Waals surface area contributed by atoms with E-state index in [1.54, 1.807) is 32.9 Å². The molecule has 0 atom stereocenters. The van der Waals surface area contributed by atoms with Crippen LogP contribution >= 0.6 is 23.2 Å². The second-order valence-electron chi connectivity index (χ2n) is 9.02. The lowest BCUT2D eigenvalue weighted by Crippen LogP contribution is -2.58. The molecule has 2 aliphatic rings. The predicted octanol–water partition coefficient (Wildman–Crippen LogP) is 4.53. The number of para-hydroxylation sites is 2. The molecule has 4 amide bonds. The van der Waals surface area contributed by atoms with Crippen molar-refractivity contribution in [3.63, 3.8) is 0 Å². The number of piperidine rings is 1. The Morgan fingerprint density at radius 3 is 2.17 bits per heavy atom. The van der Waals surface area contributed by atoms with Crippen LogP contribution in [0.4, 0.5) is 16.2 Å². The van der Waals surface area contributed by atoms with Gasteiger partial charge in [0.15, 0.2) is 0 Å². The fourth-order valence-corrected chi connectivity index (χ4v) is 5.54. The molecular formula is C26H31Cl2N5O3. The highest BCUT2D eigenvalue weighted by Gasteiger charge is 2.54. The molecule has 4 rings (SSSR count). The number of carbonyl (C=O) groups excluding carboxylic acids is 3. The van der Waals surface area contributed by atoms with Crippen LogP contribution in [0.3, 0.4) is 0 Å². The number of anilines is 2. The summed E-state index contributed by atoms with van der Waals surface area (Å²) in [4.78, 5) is 46.8. The molecule has 0 aromatic heterocycles. The quantitative estimate of drug-likeness (QED) is 0.593. The smallest absolute Gasteiger partial charge is 0.321 e. The van der Waals surface area contributed by atoms with Crippen molar-refractivity contribution >= 4 is 52.4 Å². The fraction of sp³-hybridized carbons (Fsp3) is 0.423. The fourth-order valence-electron chi connectivity index (χ4n) is 5.04. The highest BCUT2D eigenvalue weighted by Crippen LogP contribution is 2.40. The van der Waals surface area contributed by atoms with Crippen LogP contribution in [0.15, 0.2) is 48.5 Å². The van der Waals surface area contributed by atoms with Gasteiger partial charge in [-0.1, -0.05) is 47.5 Å². The van der Waals surface area contributed by atoms with Gasteiger partial charge in [0, 0.05) is 31.9 Å². The minimum atomic E-state index is -0.816. The van der Waals surface area contributed by atoms with Crippen LogP contribution in [0.2, 0.25) is 10.0 Å². The Bertz CT molecular complexity index is 1100. The van der Waals surface area contributed by atoms with Gasteiger partial charge in [-0.05, 0) is 51.0 Å². The molecule has 2 aromatic rings. The van der Waals surface area contributed by atoms with Crippen LogP contribution in [0.1, 0.15) is 26.7 Å². The van der Waals surface area contributed by atoms with Gasteiger partial charge in [0.25, 0.3) is 5.91 Å². The molecule has 2 aliphatic heterocycles. The monoisotopic (exact) mass is 531 g/mol. The second kappa shape index (κ2) is 11.0. The molecule has 2 saturated heterocycles. The third kappa shape index (κ3) is 4.97. The zero-order valence-corrected chi connectivity index (χ0v) is 22.1. The van der Waals surface area contributed by atoms with Crippen molar-refractivity contribution in [1.82, 2.24) is 14.7 Å². The van der Waals surface area contributed by atoms with E-state index in [2.05, 4.69) is 10.2 Å². The van der Waals surface area contributed by atoms with Gasteiger partial charge in [0.1, 0.15) is 12.1 Å². The van der Waals surface area contributed by atoms with Gasteiger partial charge in [0.2, 0.25) is 5.91 Å². The number of likely N-dealkylation sites (tertiary alicyclic amines) is 1. The van der Waals surface area contributed by atoms with E-state index in [1.807, 2.05) is 44.2 Å². The summed E-state index contributed by atoms with van der Waals surface area (Å²) < 4.78 is 0. The number of hydrogen-bond donors (Lipinski definition) is 1. The Balaban J connectivity index is 1.52. The summed E-state index contributed by atoms with van der Waals surface area (Å²) in [6.07, 6.45) is 0.890. The first kappa shape index (κ1) is 26.1. The van der Waals surface area contributed by atoms with Crippen LogP contribution < -0.4 is 10.2 Å². The molecule has 1 spiro atoms. The number of amides is 4. The minimum absolute atomic E-state index is 0.0425.